The highest BCUT2D eigenvalue weighted by molar-refractivity contribution is 7.92. The summed E-state index contributed by atoms with van der Waals surface area (Å²) in [6.07, 6.45) is 1.55. The van der Waals surface area contributed by atoms with Gasteiger partial charge >= 0.3 is 0 Å². The van der Waals surface area contributed by atoms with Crippen molar-refractivity contribution in [3.8, 4) is 5.75 Å². The molecule has 0 radical (unpaired) electrons. The van der Waals surface area contributed by atoms with E-state index in [9.17, 15) is 13.2 Å². The third-order valence-corrected chi connectivity index (χ3v) is 5.92. The van der Waals surface area contributed by atoms with Crippen LogP contribution in [0.4, 0.5) is 5.69 Å². The van der Waals surface area contributed by atoms with Gasteiger partial charge in [0.2, 0.25) is 0 Å². The minimum atomic E-state index is -3.92. The Kier molecular flexibility index (Phi) is 6.71. The van der Waals surface area contributed by atoms with E-state index in [0.29, 0.717) is 11.4 Å². The second kappa shape index (κ2) is 9.44. The van der Waals surface area contributed by atoms with Crippen LogP contribution in [-0.4, -0.2) is 27.6 Å². The molecule has 160 valence electrons. The summed E-state index contributed by atoms with van der Waals surface area (Å²) in [5.74, 6) is -0.129. The number of benzene rings is 3. The van der Waals surface area contributed by atoms with Crippen LogP contribution < -0.4 is 14.9 Å². The van der Waals surface area contributed by atoms with Gasteiger partial charge in [-0.2, -0.15) is 5.10 Å². The van der Waals surface area contributed by atoms with Crippen LogP contribution in [0, 0.1) is 13.8 Å². The summed E-state index contributed by atoms with van der Waals surface area (Å²) in [6.45, 7) is 3.96. The standard InChI is InChI=1S/C23H23N3O4S/c1-16-11-12-19(17(2)13-16)15-24-25-23(27)18-7-6-8-20(14-18)31(28,29)26-21-9-4-5-10-22(21)30-3/h4-15,26H,1-3H3,(H,25,27)/b24-15+. The van der Waals surface area contributed by atoms with E-state index in [2.05, 4.69) is 15.2 Å². The maximum Gasteiger partial charge on any atom is 0.271 e. The van der Waals surface area contributed by atoms with Gasteiger partial charge in [-0.1, -0.05) is 42.0 Å². The molecule has 3 aromatic rings. The Bertz CT molecular complexity index is 1240. The zero-order valence-corrected chi connectivity index (χ0v) is 18.2. The van der Waals surface area contributed by atoms with E-state index in [1.165, 1.54) is 31.4 Å². The highest BCUT2D eigenvalue weighted by Gasteiger charge is 2.18. The zero-order chi connectivity index (χ0) is 22.4. The number of carbonyl (C=O) groups excluding carboxylic acids is 1. The Labute approximate surface area is 181 Å². The van der Waals surface area contributed by atoms with Gasteiger partial charge < -0.3 is 4.74 Å². The third kappa shape index (κ3) is 5.49. The number of hydrazone groups is 1. The van der Waals surface area contributed by atoms with E-state index < -0.39 is 15.9 Å². The van der Waals surface area contributed by atoms with E-state index in [1.54, 1.807) is 30.5 Å². The van der Waals surface area contributed by atoms with Crippen molar-refractivity contribution < 1.29 is 17.9 Å². The number of ether oxygens (including phenoxy) is 1. The number of anilines is 1. The van der Waals surface area contributed by atoms with Crippen molar-refractivity contribution in [2.45, 2.75) is 18.7 Å². The number of hydrogen-bond acceptors (Lipinski definition) is 5. The molecule has 0 aliphatic carbocycles. The molecule has 0 fully saturated rings. The zero-order valence-electron chi connectivity index (χ0n) is 17.4. The molecule has 1 amide bonds. The Balaban J connectivity index is 1.75. The lowest BCUT2D eigenvalue weighted by Crippen LogP contribution is -2.19. The number of rotatable bonds is 7. The van der Waals surface area contributed by atoms with E-state index in [4.69, 9.17) is 4.74 Å². The molecule has 2 N–H and O–H groups in total. The number of methoxy groups -OCH3 is 1. The van der Waals surface area contributed by atoms with Crippen molar-refractivity contribution in [1.29, 1.82) is 0 Å². The molecule has 0 saturated heterocycles. The Morgan fingerprint density at radius 1 is 1.00 bits per heavy atom. The molecule has 0 spiro atoms. The van der Waals surface area contributed by atoms with Gasteiger partial charge in [-0.15, -0.1) is 0 Å². The summed E-state index contributed by atoms with van der Waals surface area (Å²) in [5, 5.41) is 3.98. The lowest BCUT2D eigenvalue weighted by Gasteiger charge is -2.12. The fraction of sp³-hybridized carbons (Fsp3) is 0.130. The largest absolute Gasteiger partial charge is 0.495 e. The van der Waals surface area contributed by atoms with Gasteiger partial charge in [0.1, 0.15) is 5.75 Å². The first-order valence-electron chi connectivity index (χ1n) is 9.47. The first kappa shape index (κ1) is 22.0. The first-order valence-corrected chi connectivity index (χ1v) is 10.9. The number of sulfonamides is 1. The second-order valence-corrected chi connectivity index (χ2v) is 8.58. The average molecular weight is 438 g/mol. The van der Waals surface area contributed by atoms with Crippen molar-refractivity contribution >= 4 is 27.8 Å². The number of nitrogens with zero attached hydrogens (tertiary/aromatic N) is 1. The molecular weight excluding hydrogens is 414 g/mol. The molecule has 3 rings (SSSR count). The third-order valence-electron chi connectivity index (χ3n) is 4.55. The maximum atomic E-state index is 12.8. The van der Waals surface area contributed by atoms with Gasteiger partial charge in [-0.05, 0) is 55.3 Å². The minimum absolute atomic E-state index is 0.0515. The van der Waals surface area contributed by atoms with Crippen molar-refractivity contribution in [2.24, 2.45) is 5.10 Å². The summed E-state index contributed by atoms with van der Waals surface area (Å²) in [6, 6.07) is 18.3. The summed E-state index contributed by atoms with van der Waals surface area (Å²) in [5.41, 5.74) is 5.95. The van der Waals surface area contributed by atoms with Crippen molar-refractivity contribution in [3.05, 3.63) is 89.0 Å². The molecule has 8 heteroatoms. The predicted molar refractivity (Wildman–Crippen MR) is 121 cm³/mol. The molecule has 0 bridgehead atoms. The first-order chi connectivity index (χ1) is 14.8. The molecule has 3 aromatic carbocycles. The van der Waals surface area contributed by atoms with Crippen molar-refractivity contribution in [3.63, 3.8) is 0 Å². The van der Waals surface area contributed by atoms with Gasteiger partial charge in [-0.3, -0.25) is 9.52 Å². The van der Waals surface area contributed by atoms with Gasteiger partial charge in [0.05, 0.1) is 23.9 Å². The molecule has 0 aliphatic rings. The molecule has 7 nitrogen and oxygen atoms in total. The molecule has 31 heavy (non-hydrogen) atoms. The van der Waals surface area contributed by atoms with Gasteiger partial charge in [0, 0.05) is 5.56 Å². The molecular formula is C23H23N3O4S. The number of hydrogen-bond donors (Lipinski definition) is 2. The molecule has 0 aliphatic heterocycles. The van der Waals surface area contributed by atoms with E-state index >= 15 is 0 Å². The van der Waals surface area contributed by atoms with E-state index in [-0.39, 0.29) is 10.5 Å². The molecule has 0 saturated carbocycles. The van der Waals surface area contributed by atoms with E-state index in [1.807, 2.05) is 32.0 Å². The van der Waals surface area contributed by atoms with Crippen LogP contribution in [0.25, 0.3) is 0 Å². The highest BCUT2D eigenvalue weighted by atomic mass is 32.2. The number of carbonyl (C=O) groups is 1. The molecule has 0 atom stereocenters. The van der Waals surface area contributed by atoms with Crippen LogP contribution in [0.15, 0.2) is 76.7 Å². The number of nitrogens with one attached hydrogen (secondary N) is 2. The fourth-order valence-corrected chi connectivity index (χ4v) is 4.05. The lowest BCUT2D eigenvalue weighted by atomic mass is 10.1. The number of para-hydroxylation sites is 2. The van der Waals surface area contributed by atoms with Crippen LogP contribution in [0.5, 0.6) is 5.75 Å². The van der Waals surface area contributed by atoms with Crippen LogP contribution in [0.2, 0.25) is 0 Å². The lowest BCUT2D eigenvalue weighted by molar-refractivity contribution is 0.0955. The smallest absolute Gasteiger partial charge is 0.271 e. The van der Waals surface area contributed by atoms with Crippen LogP contribution in [0.3, 0.4) is 0 Å². The molecule has 0 heterocycles. The quantitative estimate of drug-likeness (QED) is 0.433. The highest BCUT2D eigenvalue weighted by Crippen LogP contribution is 2.26. The van der Waals surface area contributed by atoms with Crippen LogP contribution >= 0.6 is 0 Å². The number of aryl methyl sites for hydroxylation is 2. The maximum absolute atomic E-state index is 12.8. The molecule has 0 aromatic heterocycles. The van der Waals surface area contributed by atoms with Gasteiger partial charge in [-0.25, -0.2) is 13.8 Å². The SMILES string of the molecule is COc1ccccc1NS(=O)(=O)c1cccc(C(=O)N/N=C/c2ccc(C)cc2C)c1. The Morgan fingerprint density at radius 2 is 1.77 bits per heavy atom. The summed E-state index contributed by atoms with van der Waals surface area (Å²) < 4.78 is 33.2. The monoisotopic (exact) mass is 437 g/mol. The van der Waals surface area contributed by atoms with Crippen molar-refractivity contribution in [2.75, 3.05) is 11.8 Å². The average Bonchev–Trinajstić information content (AvgIpc) is 2.75. The second-order valence-electron chi connectivity index (χ2n) is 6.89. The Hall–Kier alpha value is -3.65. The van der Waals surface area contributed by atoms with Gasteiger partial charge in [0.15, 0.2) is 0 Å². The fourth-order valence-electron chi connectivity index (χ4n) is 2.93. The summed E-state index contributed by atoms with van der Waals surface area (Å²) in [4.78, 5) is 12.4. The van der Waals surface area contributed by atoms with Crippen LogP contribution in [-0.2, 0) is 10.0 Å². The minimum Gasteiger partial charge on any atom is -0.495 e. The van der Waals surface area contributed by atoms with Crippen molar-refractivity contribution in [1.82, 2.24) is 5.43 Å². The number of amides is 1. The predicted octanol–water partition coefficient (Wildman–Crippen LogP) is 3.88. The molecule has 0 unspecified atom stereocenters. The van der Waals surface area contributed by atoms with E-state index in [0.717, 1.165) is 16.7 Å². The normalized spacial score (nSPS) is 11.3. The van der Waals surface area contributed by atoms with Gasteiger partial charge in [0.25, 0.3) is 15.9 Å². The van der Waals surface area contributed by atoms with Crippen LogP contribution in [0.1, 0.15) is 27.0 Å². The summed E-state index contributed by atoms with van der Waals surface area (Å²) in [7, 11) is -2.47. The topological polar surface area (TPSA) is 96.9 Å². The summed E-state index contributed by atoms with van der Waals surface area (Å²) >= 11 is 0. The Morgan fingerprint density at radius 3 is 2.52 bits per heavy atom.